The number of carbonyl (C=O) groups excluding carboxylic acids is 3. The Morgan fingerprint density at radius 1 is 1.30 bits per heavy atom. The van der Waals surface area contributed by atoms with E-state index in [0.29, 0.717) is 36.7 Å². The number of hydrogen-bond acceptors (Lipinski definition) is 4. The van der Waals surface area contributed by atoms with E-state index in [-0.39, 0.29) is 18.4 Å². The third-order valence-corrected chi connectivity index (χ3v) is 5.59. The highest BCUT2D eigenvalue weighted by atomic mass is 16.5. The molecule has 0 aliphatic carbocycles. The fourth-order valence-electron chi connectivity index (χ4n) is 3.94. The van der Waals surface area contributed by atoms with Crippen LogP contribution in [0.2, 0.25) is 0 Å². The molecule has 0 saturated carbocycles. The number of nitrogens with one attached hydrogen (secondary N) is 1. The number of likely N-dealkylation sites (tertiary alicyclic amines) is 1. The van der Waals surface area contributed by atoms with Crippen LogP contribution in [0.15, 0.2) is 24.3 Å². The van der Waals surface area contributed by atoms with Crippen molar-refractivity contribution in [3.05, 3.63) is 29.8 Å². The first kappa shape index (κ1) is 19.2. The van der Waals surface area contributed by atoms with Crippen LogP contribution in [0.4, 0.5) is 4.79 Å². The molecule has 7 nitrogen and oxygen atoms in total. The molecule has 2 aliphatic heterocycles. The number of urea groups is 1. The normalized spacial score (nSPS) is 25.5. The van der Waals surface area contributed by atoms with E-state index in [4.69, 9.17) is 4.74 Å². The van der Waals surface area contributed by atoms with Gasteiger partial charge in [0, 0.05) is 13.1 Å². The van der Waals surface area contributed by atoms with Crippen LogP contribution in [-0.2, 0) is 15.1 Å². The fraction of sp³-hybridized carbons (Fsp3) is 0.550. The van der Waals surface area contributed by atoms with Crippen LogP contribution >= 0.6 is 0 Å². The summed E-state index contributed by atoms with van der Waals surface area (Å²) in [6.07, 6.45) is 2.45. The van der Waals surface area contributed by atoms with Crippen LogP contribution < -0.4 is 10.1 Å². The van der Waals surface area contributed by atoms with Crippen molar-refractivity contribution in [1.29, 1.82) is 0 Å². The van der Waals surface area contributed by atoms with E-state index >= 15 is 0 Å². The Bertz CT molecular complexity index is 733. The van der Waals surface area contributed by atoms with Gasteiger partial charge in [-0.05, 0) is 42.9 Å². The molecule has 2 saturated heterocycles. The standard InChI is InChI=1S/C20H27N3O4/c1-4-20(15-7-9-16(27-3)10-8-15)18(25)23(19(26)21-20)13-17(24)22-11-5-6-14(2)12-22/h7-10,14H,4-6,11-13H2,1-3H3,(H,21,26). The molecule has 0 bridgehead atoms. The molecule has 2 aliphatic rings. The maximum absolute atomic E-state index is 13.1. The molecule has 4 amide bonds. The quantitative estimate of drug-likeness (QED) is 0.802. The number of nitrogens with zero attached hydrogens (tertiary/aromatic N) is 2. The van der Waals surface area contributed by atoms with Gasteiger partial charge in [0.1, 0.15) is 17.8 Å². The summed E-state index contributed by atoms with van der Waals surface area (Å²) in [5, 5.41) is 2.81. The van der Waals surface area contributed by atoms with Crippen LogP contribution in [0.1, 0.15) is 38.7 Å². The predicted molar refractivity (Wildman–Crippen MR) is 100 cm³/mol. The van der Waals surface area contributed by atoms with E-state index in [1.807, 2.05) is 6.92 Å². The van der Waals surface area contributed by atoms with Crippen LogP contribution in [-0.4, -0.2) is 54.4 Å². The molecule has 27 heavy (non-hydrogen) atoms. The van der Waals surface area contributed by atoms with Gasteiger partial charge in [-0.15, -0.1) is 0 Å². The number of imide groups is 1. The lowest BCUT2D eigenvalue weighted by Gasteiger charge is -2.32. The Balaban J connectivity index is 1.79. The van der Waals surface area contributed by atoms with Crippen LogP contribution in [0.25, 0.3) is 0 Å². The molecule has 0 spiro atoms. The Kier molecular flexibility index (Phi) is 5.39. The molecule has 2 atom stereocenters. The summed E-state index contributed by atoms with van der Waals surface area (Å²) in [6.45, 7) is 5.11. The van der Waals surface area contributed by atoms with E-state index in [1.165, 1.54) is 0 Å². The summed E-state index contributed by atoms with van der Waals surface area (Å²) in [5.41, 5.74) is -0.454. The zero-order valence-corrected chi connectivity index (χ0v) is 16.2. The first-order chi connectivity index (χ1) is 12.9. The highest BCUT2D eigenvalue weighted by molar-refractivity contribution is 6.09. The van der Waals surface area contributed by atoms with Crippen LogP contribution in [0.3, 0.4) is 0 Å². The van der Waals surface area contributed by atoms with Gasteiger partial charge < -0.3 is 15.0 Å². The molecule has 2 unspecified atom stereocenters. The summed E-state index contributed by atoms with van der Waals surface area (Å²) < 4.78 is 5.16. The summed E-state index contributed by atoms with van der Waals surface area (Å²) in [6, 6.07) is 6.55. The molecule has 0 radical (unpaired) electrons. The molecule has 2 fully saturated rings. The second-order valence-corrected chi connectivity index (χ2v) is 7.40. The van der Waals surface area contributed by atoms with Crippen molar-refractivity contribution >= 4 is 17.8 Å². The lowest BCUT2D eigenvalue weighted by atomic mass is 9.87. The van der Waals surface area contributed by atoms with Gasteiger partial charge in [0.25, 0.3) is 5.91 Å². The number of hydrogen-bond donors (Lipinski definition) is 1. The summed E-state index contributed by atoms with van der Waals surface area (Å²) in [4.78, 5) is 41.1. The summed E-state index contributed by atoms with van der Waals surface area (Å²) >= 11 is 0. The maximum atomic E-state index is 13.1. The SMILES string of the molecule is CCC1(c2ccc(OC)cc2)NC(=O)N(CC(=O)N2CCCC(C)C2)C1=O. The topological polar surface area (TPSA) is 79.0 Å². The van der Waals surface area contributed by atoms with Crippen molar-refractivity contribution in [3.8, 4) is 5.75 Å². The van der Waals surface area contributed by atoms with Crippen molar-refractivity contribution in [2.75, 3.05) is 26.7 Å². The van der Waals surface area contributed by atoms with Crippen molar-refractivity contribution in [2.45, 2.75) is 38.6 Å². The molecule has 3 rings (SSSR count). The average Bonchev–Trinajstić information content (AvgIpc) is 2.93. The maximum Gasteiger partial charge on any atom is 0.325 e. The Hall–Kier alpha value is -2.57. The average molecular weight is 373 g/mol. The fourth-order valence-corrected chi connectivity index (χ4v) is 3.94. The van der Waals surface area contributed by atoms with Crippen LogP contribution in [0.5, 0.6) is 5.75 Å². The van der Waals surface area contributed by atoms with E-state index < -0.39 is 11.6 Å². The number of piperidine rings is 1. The van der Waals surface area contributed by atoms with Crippen molar-refractivity contribution in [3.63, 3.8) is 0 Å². The highest BCUT2D eigenvalue weighted by Crippen LogP contribution is 2.33. The molecule has 1 aromatic carbocycles. The molecular weight excluding hydrogens is 346 g/mol. The summed E-state index contributed by atoms with van der Waals surface area (Å²) in [5.74, 6) is 0.568. The Labute approximate surface area is 159 Å². The third kappa shape index (κ3) is 3.50. The number of ether oxygens (including phenoxy) is 1. The van der Waals surface area contributed by atoms with Gasteiger partial charge in [-0.2, -0.15) is 0 Å². The molecular formula is C20H27N3O4. The Morgan fingerprint density at radius 3 is 2.59 bits per heavy atom. The van der Waals surface area contributed by atoms with Crippen molar-refractivity contribution in [1.82, 2.24) is 15.1 Å². The number of amides is 4. The molecule has 7 heteroatoms. The second-order valence-electron chi connectivity index (χ2n) is 7.40. The van der Waals surface area contributed by atoms with Crippen molar-refractivity contribution < 1.29 is 19.1 Å². The van der Waals surface area contributed by atoms with Gasteiger partial charge in [0.05, 0.1) is 7.11 Å². The molecule has 0 aromatic heterocycles. The smallest absolute Gasteiger partial charge is 0.325 e. The van der Waals surface area contributed by atoms with E-state index in [0.717, 1.165) is 17.7 Å². The van der Waals surface area contributed by atoms with E-state index in [2.05, 4.69) is 12.2 Å². The zero-order valence-electron chi connectivity index (χ0n) is 16.2. The molecule has 146 valence electrons. The number of methoxy groups -OCH3 is 1. The van der Waals surface area contributed by atoms with E-state index in [1.54, 1.807) is 36.3 Å². The third-order valence-electron chi connectivity index (χ3n) is 5.59. The van der Waals surface area contributed by atoms with E-state index in [9.17, 15) is 14.4 Å². The van der Waals surface area contributed by atoms with Gasteiger partial charge in [-0.1, -0.05) is 26.0 Å². The first-order valence-corrected chi connectivity index (χ1v) is 9.47. The number of rotatable bonds is 5. The zero-order chi connectivity index (χ0) is 19.6. The van der Waals surface area contributed by atoms with Gasteiger partial charge >= 0.3 is 6.03 Å². The van der Waals surface area contributed by atoms with Gasteiger partial charge in [-0.25, -0.2) is 4.79 Å². The minimum Gasteiger partial charge on any atom is -0.497 e. The lowest BCUT2D eigenvalue weighted by Crippen LogP contribution is -2.47. The highest BCUT2D eigenvalue weighted by Gasteiger charge is 2.51. The number of benzene rings is 1. The molecule has 2 heterocycles. The molecule has 1 N–H and O–H groups in total. The predicted octanol–water partition coefficient (Wildman–Crippen LogP) is 2.11. The molecule has 1 aromatic rings. The minimum absolute atomic E-state index is 0.174. The minimum atomic E-state index is -1.14. The van der Waals surface area contributed by atoms with Gasteiger partial charge in [0.15, 0.2) is 0 Å². The van der Waals surface area contributed by atoms with Crippen LogP contribution in [0, 0.1) is 5.92 Å². The number of carbonyl (C=O) groups is 3. The summed E-state index contributed by atoms with van der Waals surface area (Å²) in [7, 11) is 1.57. The first-order valence-electron chi connectivity index (χ1n) is 9.47. The van der Waals surface area contributed by atoms with Gasteiger partial charge in [0.2, 0.25) is 5.91 Å². The Morgan fingerprint density at radius 2 is 2.00 bits per heavy atom. The lowest BCUT2D eigenvalue weighted by molar-refractivity contribution is -0.140. The van der Waals surface area contributed by atoms with Crippen molar-refractivity contribution in [2.24, 2.45) is 5.92 Å². The monoisotopic (exact) mass is 373 g/mol. The second kappa shape index (κ2) is 7.58. The van der Waals surface area contributed by atoms with Gasteiger partial charge in [-0.3, -0.25) is 14.5 Å². The largest absolute Gasteiger partial charge is 0.497 e.